The van der Waals surface area contributed by atoms with Gasteiger partial charge in [0, 0.05) is 17.1 Å². The zero-order valence-electron chi connectivity index (χ0n) is 10.5. The molecule has 1 aromatic carbocycles. The van der Waals surface area contributed by atoms with Crippen LogP contribution in [-0.4, -0.2) is 12.6 Å². The van der Waals surface area contributed by atoms with E-state index in [1.807, 2.05) is 24.3 Å². The number of benzene rings is 1. The highest BCUT2D eigenvalue weighted by Crippen LogP contribution is 2.22. The quantitative estimate of drug-likeness (QED) is 0.841. The van der Waals surface area contributed by atoms with E-state index >= 15 is 0 Å². The minimum absolute atomic E-state index is 0.301. The Kier molecular flexibility index (Phi) is 4.82. The minimum Gasteiger partial charge on any atom is -0.462 e. The Balaban J connectivity index is 2.00. The van der Waals surface area contributed by atoms with Gasteiger partial charge in [0.05, 0.1) is 16.5 Å². The van der Waals surface area contributed by atoms with Crippen LogP contribution in [0, 0.1) is 0 Å². The smallest absolute Gasteiger partial charge is 0.338 e. The highest BCUT2D eigenvalue weighted by molar-refractivity contribution is 7.16. The molecule has 0 fully saturated rings. The highest BCUT2D eigenvalue weighted by atomic mass is 35.5. The lowest BCUT2D eigenvalue weighted by Crippen LogP contribution is -2.05. The van der Waals surface area contributed by atoms with Gasteiger partial charge in [0.25, 0.3) is 0 Å². The number of rotatable bonds is 5. The molecule has 1 heterocycles. The topological polar surface area (TPSA) is 38.3 Å². The van der Waals surface area contributed by atoms with Gasteiger partial charge in [0.15, 0.2) is 0 Å². The third-order valence-corrected chi connectivity index (χ3v) is 3.70. The first-order chi connectivity index (χ1) is 9.19. The fraction of sp³-hybridized carbons (Fsp3) is 0.214. The number of hydrogen-bond acceptors (Lipinski definition) is 4. The van der Waals surface area contributed by atoms with Gasteiger partial charge in [0.1, 0.15) is 0 Å². The molecule has 0 unspecified atom stereocenters. The zero-order chi connectivity index (χ0) is 13.7. The maximum atomic E-state index is 11.6. The molecule has 1 N–H and O–H groups in total. The summed E-state index contributed by atoms with van der Waals surface area (Å²) in [5.74, 6) is -0.301. The molecule has 0 aliphatic heterocycles. The lowest BCUT2D eigenvalue weighted by molar-refractivity contribution is 0.0526. The summed E-state index contributed by atoms with van der Waals surface area (Å²) in [6.45, 7) is 2.86. The summed E-state index contributed by atoms with van der Waals surface area (Å²) in [4.78, 5) is 12.8. The first-order valence-electron chi connectivity index (χ1n) is 5.94. The summed E-state index contributed by atoms with van der Waals surface area (Å²) in [6, 6.07) is 11.1. The molecule has 0 aliphatic rings. The summed E-state index contributed by atoms with van der Waals surface area (Å²) < 4.78 is 5.74. The van der Waals surface area contributed by atoms with Crippen molar-refractivity contribution < 1.29 is 9.53 Å². The number of carbonyl (C=O) groups excluding carboxylic acids is 1. The second-order valence-electron chi connectivity index (χ2n) is 3.86. The molecule has 0 atom stereocenters. The maximum Gasteiger partial charge on any atom is 0.338 e. The van der Waals surface area contributed by atoms with Crippen molar-refractivity contribution in [2.24, 2.45) is 0 Å². The van der Waals surface area contributed by atoms with Crippen molar-refractivity contribution in [1.82, 2.24) is 0 Å². The van der Waals surface area contributed by atoms with Crippen LogP contribution in [0.5, 0.6) is 0 Å². The van der Waals surface area contributed by atoms with Crippen LogP contribution in [0.15, 0.2) is 36.4 Å². The minimum atomic E-state index is -0.301. The molecule has 0 bridgehead atoms. The van der Waals surface area contributed by atoms with E-state index in [9.17, 15) is 4.79 Å². The van der Waals surface area contributed by atoms with Gasteiger partial charge in [-0.15, -0.1) is 11.3 Å². The Labute approximate surface area is 121 Å². The standard InChI is InChI=1S/C14H14ClNO2S/c1-2-18-14(17)10-4-3-5-11(8-10)16-9-12-6-7-13(15)19-12/h3-8,16H,2,9H2,1H3. The predicted molar refractivity (Wildman–Crippen MR) is 79.1 cm³/mol. The van der Waals surface area contributed by atoms with E-state index in [1.165, 1.54) is 11.3 Å². The second kappa shape index (κ2) is 6.59. The van der Waals surface area contributed by atoms with Crippen LogP contribution < -0.4 is 5.32 Å². The van der Waals surface area contributed by atoms with Crippen LogP contribution in [-0.2, 0) is 11.3 Å². The zero-order valence-corrected chi connectivity index (χ0v) is 12.1. The summed E-state index contributed by atoms with van der Waals surface area (Å²) in [6.07, 6.45) is 0. The number of nitrogens with one attached hydrogen (secondary N) is 1. The molecule has 3 nitrogen and oxygen atoms in total. The van der Waals surface area contributed by atoms with Crippen LogP contribution in [0.2, 0.25) is 4.34 Å². The van der Waals surface area contributed by atoms with Crippen LogP contribution in [0.1, 0.15) is 22.2 Å². The van der Waals surface area contributed by atoms with Gasteiger partial charge in [0.2, 0.25) is 0 Å². The first kappa shape index (κ1) is 13.9. The number of halogens is 1. The van der Waals surface area contributed by atoms with Crippen molar-refractivity contribution >= 4 is 34.6 Å². The monoisotopic (exact) mass is 295 g/mol. The number of esters is 1. The highest BCUT2D eigenvalue weighted by Gasteiger charge is 2.06. The van der Waals surface area contributed by atoms with E-state index < -0.39 is 0 Å². The van der Waals surface area contributed by atoms with Crippen molar-refractivity contribution in [3.63, 3.8) is 0 Å². The molecule has 1 aromatic heterocycles. The van der Waals surface area contributed by atoms with Crippen molar-refractivity contribution in [2.75, 3.05) is 11.9 Å². The van der Waals surface area contributed by atoms with Crippen molar-refractivity contribution in [3.8, 4) is 0 Å². The van der Waals surface area contributed by atoms with Gasteiger partial charge in [-0.3, -0.25) is 0 Å². The molecule has 0 saturated heterocycles. The van der Waals surface area contributed by atoms with Crippen molar-refractivity contribution in [3.05, 3.63) is 51.2 Å². The van der Waals surface area contributed by atoms with E-state index in [0.717, 1.165) is 14.9 Å². The van der Waals surface area contributed by atoms with Gasteiger partial charge in [-0.25, -0.2) is 4.79 Å². The summed E-state index contributed by atoms with van der Waals surface area (Å²) in [5.41, 5.74) is 1.44. The molecule has 0 saturated carbocycles. The molecule has 0 amide bonds. The summed E-state index contributed by atoms with van der Waals surface area (Å²) >= 11 is 7.41. The van der Waals surface area contributed by atoms with Crippen molar-refractivity contribution in [1.29, 1.82) is 0 Å². The third-order valence-electron chi connectivity index (χ3n) is 2.47. The third kappa shape index (κ3) is 3.98. The molecule has 2 aromatic rings. The van der Waals surface area contributed by atoms with Gasteiger partial charge in [-0.05, 0) is 37.3 Å². The molecular formula is C14H14ClNO2S. The SMILES string of the molecule is CCOC(=O)c1cccc(NCc2ccc(Cl)s2)c1. The van der Waals surface area contributed by atoms with E-state index in [0.29, 0.717) is 18.7 Å². The predicted octanol–water partition coefficient (Wildman–Crippen LogP) is 4.19. The van der Waals surface area contributed by atoms with E-state index in [1.54, 1.807) is 19.1 Å². The number of ether oxygens (including phenoxy) is 1. The molecule has 100 valence electrons. The van der Waals surface area contributed by atoms with Crippen LogP contribution in [0.4, 0.5) is 5.69 Å². The Morgan fingerprint density at radius 3 is 2.89 bits per heavy atom. The largest absolute Gasteiger partial charge is 0.462 e. The normalized spacial score (nSPS) is 10.2. The molecular weight excluding hydrogens is 282 g/mol. The molecule has 0 spiro atoms. The van der Waals surface area contributed by atoms with Gasteiger partial charge < -0.3 is 10.1 Å². The lowest BCUT2D eigenvalue weighted by Gasteiger charge is -2.07. The van der Waals surface area contributed by atoms with E-state index in [4.69, 9.17) is 16.3 Å². The number of carbonyl (C=O) groups is 1. The maximum absolute atomic E-state index is 11.6. The Hall–Kier alpha value is -1.52. The molecule has 5 heteroatoms. The number of hydrogen-bond donors (Lipinski definition) is 1. The van der Waals surface area contributed by atoms with Gasteiger partial charge >= 0.3 is 5.97 Å². The first-order valence-corrected chi connectivity index (χ1v) is 7.13. The lowest BCUT2D eigenvalue weighted by atomic mass is 10.2. The summed E-state index contributed by atoms with van der Waals surface area (Å²) in [5, 5.41) is 3.26. The van der Waals surface area contributed by atoms with Crippen LogP contribution in [0.3, 0.4) is 0 Å². The molecule has 19 heavy (non-hydrogen) atoms. The van der Waals surface area contributed by atoms with Gasteiger partial charge in [-0.1, -0.05) is 17.7 Å². The van der Waals surface area contributed by atoms with Crippen LogP contribution >= 0.6 is 22.9 Å². The number of anilines is 1. The Bertz CT molecular complexity index is 568. The molecule has 0 aliphatic carbocycles. The Morgan fingerprint density at radius 2 is 2.21 bits per heavy atom. The Morgan fingerprint density at radius 1 is 1.37 bits per heavy atom. The summed E-state index contributed by atoms with van der Waals surface area (Å²) in [7, 11) is 0. The number of thiophene rings is 1. The van der Waals surface area contributed by atoms with Crippen LogP contribution in [0.25, 0.3) is 0 Å². The fourth-order valence-corrected chi connectivity index (χ4v) is 2.63. The fourth-order valence-electron chi connectivity index (χ4n) is 1.61. The second-order valence-corrected chi connectivity index (χ2v) is 5.66. The average Bonchev–Trinajstić information content (AvgIpc) is 2.83. The van der Waals surface area contributed by atoms with Crippen molar-refractivity contribution in [2.45, 2.75) is 13.5 Å². The van der Waals surface area contributed by atoms with E-state index in [2.05, 4.69) is 5.32 Å². The molecule has 2 rings (SSSR count). The average molecular weight is 296 g/mol. The van der Waals surface area contributed by atoms with E-state index in [-0.39, 0.29) is 5.97 Å². The van der Waals surface area contributed by atoms with Gasteiger partial charge in [-0.2, -0.15) is 0 Å². The molecule has 0 radical (unpaired) electrons.